The predicted octanol–water partition coefficient (Wildman–Crippen LogP) is 4.62. The molecule has 0 fully saturated rings. The zero-order valence-electron chi connectivity index (χ0n) is 14.2. The van der Waals surface area contributed by atoms with Crippen LogP contribution in [0.3, 0.4) is 0 Å². The number of carbonyl (C=O) groups excluding carboxylic acids is 1. The van der Waals surface area contributed by atoms with Crippen LogP contribution in [0.15, 0.2) is 72.9 Å². The molecule has 1 N–H and O–H groups in total. The van der Waals surface area contributed by atoms with Crippen LogP contribution in [0.25, 0.3) is 10.9 Å². The number of amides is 1. The summed E-state index contributed by atoms with van der Waals surface area (Å²) < 4.78 is 28.9. The van der Waals surface area contributed by atoms with Gasteiger partial charge in [-0.15, -0.1) is 0 Å². The summed E-state index contributed by atoms with van der Waals surface area (Å²) in [6.07, 6.45) is 1.69. The van der Waals surface area contributed by atoms with Crippen LogP contribution in [0.2, 0.25) is 0 Å². The van der Waals surface area contributed by atoms with Crippen LogP contribution < -0.4 is 5.32 Å². The number of halogens is 2. The Kier molecular flexibility index (Phi) is 4.38. The molecule has 0 spiro atoms. The van der Waals surface area contributed by atoms with Crippen molar-refractivity contribution >= 4 is 22.5 Å². The Bertz CT molecular complexity index is 1140. The molecule has 1 aromatic heterocycles. The Morgan fingerprint density at radius 2 is 1.85 bits per heavy atom. The fourth-order valence-electron chi connectivity index (χ4n) is 2.90. The zero-order chi connectivity index (χ0) is 18.8. The van der Waals surface area contributed by atoms with Crippen LogP contribution >= 0.6 is 0 Å². The topological polar surface area (TPSA) is 46.9 Å². The number of hydrogen-bond acceptors (Lipinski definition) is 2. The molecule has 0 atom stereocenters. The van der Waals surface area contributed by atoms with E-state index < -0.39 is 11.7 Å². The monoisotopic (exact) mass is 363 g/mol. The van der Waals surface area contributed by atoms with E-state index in [9.17, 15) is 13.6 Å². The van der Waals surface area contributed by atoms with Crippen LogP contribution in [0, 0.1) is 11.6 Å². The van der Waals surface area contributed by atoms with Gasteiger partial charge in [0, 0.05) is 10.9 Å². The second-order valence-electron chi connectivity index (χ2n) is 6.14. The summed E-state index contributed by atoms with van der Waals surface area (Å²) in [5.74, 6) is -1.22. The van der Waals surface area contributed by atoms with Crippen molar-refractivity contribution < 1.29 is 13.6 Å². The van der Waals surface area contributed by atoms with Gasteiger partial charge in [0.05, 0.1) is 23.9 Å². The molecule has 134 valence electrons. The lowest BCUT2D eigenvalue weighted by molar-refractivity contribution is 0.102. The average molecular weight is 363 g/mol. The van der Waals surface area contributed by atoms with E-state index in [2.05, 4.69) is 10.4 Å². The number of hydrogen-bond donors (Lipinski definition) is 1. The maximum Gasteiger partial charge on any atom is 0.255 e. The molecule has 0 aliphatic rings. The second-order valence-corrected chi connectivity index (χ2v) is 6.14. The minimum atomic E-state index is -0.497. The summed E-state index contributed by atoms with van der Waals surface area (Å²) in [5.41, 5.74) is 2.00. The SMILES string of the molecule is O=C(Nc1ccccc1F)c1ccc2cnn(Cc3cccc(F)c3)c2c1. The molecule has 0 radical (unpaired) electrons. The van der Waals surface area contributed by atoms with Gasteiger partial charge in [0.2, 0.25) is 0 Å². The van der Waals surface area contributed by atoms with E-state index >= 15 is 0 Å². The first-order valence-electron chi connectivity index (χ1n) is 8.36. The molecule has 4 rings (SSSR count). The highest BCUT2D eigenvalue weighted by molar-refractivity contribution is 6.06. The summed E-state index contributed by atoms with van der Waals surface area (Å²) in [5, 5.41) is 7.74. The van der Waals surface area contributed by atoms with Gasteiger partial charge in [-0.25, -0.2) is 8.78 Å². The average Bonchev–Trinajstić information content (AvgIpc) is 3.06. The normalized spacial score (nSPS) is 10.9. The first kappa shape index (κ1) is 16.9. The number of anilines is 1. The van der Waals surface area contributed by atoms with E-state index in [1.165, 1.54) is 24.3 Å². The van der Waals surface area contributed by atoms with E-state index in [0.717, 1.165) is 16.5 Å². The Morgan fingerprint density at radius 3 is 2.67 bits per heavy atom. The van der Waals surface area contributed by atoms with Gasteiger partial charge in [0.15, 0.2) is 0 Å². The molecule has 1 heterocycles. The summed E-state index contributed by atoms with van der Waals surface area (Å²) in [4.78, 5) is 12.5. The number of para-hydroxylation sites is 1. The molecule has 0 saturated heterocycles. The van der Waals surface area contributed by atoms with Crippen molar-refractivity contribution in [2.45, 2.75) is 6.54 Å². The van der Waals surface area contributed by atoms with Crippen molar-refractivity contribution in [2.24, 2.45) is 0 Å². The fraction of sp³-hybridized carbons (Fsp3) is 0.0476. The summed E-state index contributed by atoms with van der Waals surface area (Å²) >= 11 is 0. The molecule has 6 heteroatoms. The van der Waals surface area contributed by atoms with Crippen LogP contribution in [0.4, 0.5) is 14.5 Å². The van der Waals surface area contributed by atoms with Crippen molar-refractivity contribution in [1.29, 1.82) is 0 Å². The maximum atomic E-state index is 13.7. The second kappa shape index (κ2) is 6.99. The number of benzene rings is 3. The van der Waals surface area contributed by atoms with Gasteiger partial charge in [-0.1, -0.05) is 30.3 Å². The third kappa shape index (κ3) is 3.55. The van der Waals surface area contributed by atoms with E-state index in [1.807, 2.05) is 6.07 Å². The first-order valence-corrected chi connectivity index (χ1v) is 8.36. The predicted molar refractivity (Wildman–Crippen MR) is 99.6 cm³/mol. The summed E-state index contributed by atoms with van der Waals surface area (Å²) in [6, 6.07) is 17.4. The van der Waals surface area contributed by atoms with Crippen LogP contribution in [0.1, 0.15) is 15.9 Å². The highest BCUT2D eigenvalue weighted by Gasteiger charge is 2.12. The van der Waals surface area contributed by atoms with Gasteiger partial charge in [0.25, 0.3) is 5.91 Å². The molecule has 4 aromatic rings. The number of rotatable bonds is 4. The number of fused-ring (bicyclic) bond motifs is 1. The smallest absolute Gasteiger partial charge is 0.255 e. The van der Waals surface area contributed by atoms with Crippen molar-refractivity contribution in [1.82, 2.24) is 9.78 Å². The van der Waals surface area contributed by atoms with Crippen LogP contribution in [-0.2, 0) is 6.54 Å². The molecule has 0 unspecified atom stereocenters. The number of aromatic nitrogens is 2. The third-order valence-electron chi connectivity index (χ3n) is 4.25. The van der Waals surface area contributed by atoms with Crippen molar-refractivity contribution in [3.63, 3.8) is 0 Å². The number of carbonyl (C=O) groups is 1. The maximum absolute atomic E-state index is 13.7. The Morgan fingerprint density at radius 1 is 1.00 bits per heavy atom. The van der Waals surface area contributed by atoms with Gasteiger partial charge >= 0.3 is 0 Å². The lowest BCUT2D eigenvalue weighted by Crippen LogP contribution is -2.13. The molecule has 0 aliphatic heterocycles. The lowest BCUT2D eigenvalue weighted by atomic mass is 10.1. The van der Waals surface area contributed by atoms with E-state index in [4.69, 9.17) is 0 Å². The summed E-state index contributed by atoms with van der Waals surface area (Å²) in [7, 11) is 0. The van der Waals surface area contributed by atoms with Crippen LogP contribution in [0.5, 0.6) is 0 Å². The third-order valence-corrected chi connectivity index (χ3v) is 4.25. The molecular formula is C21H15F2N3O. The van der Waals surface area contributed by atoms with Crippen molar-refractivity contribution in [3.05, 3.63) is 95.7 Å². The Hall–Kier alpha value is -3.54. The lowest BCUT2D eigenvalue weighted by Gasteiger charge is -2.08. The van der Waals surface area contributed by atoms with Gasteiger partial charge < -0.3 is 5.32 Å². The van der Waals surface area contributed by atoms with E-state index in [-0.39, 0.29) is 11.5 Å². The highest BCUT2D eigenvalue weighted by atomic mass is 19.1. The van der Waals surface area contributed by atoms with Crippen molar-refractivity contribution in [2.75, 3.05) is 5.32 Å². The number of nitrogens with one attached hydrogen (secondary N) is 1. The van der Waals surface area contributed by atoms with Crippen molar-refractivity contribution in [3.8, 4) is 0 Å². The molecule has 3 aromatic carbocycles. The number of nitrogens with zero attached hydrogens (tertiary/aromatic N) is 2. The van der Waals surface area contributed by atoms with Gasteiger partial charge in [-0.05, 0) is 42.0 Å². The minimum absolute atomic E-state index is 0.121. The molecule has 0 bridgehead atoms. The first-order chi connectivity index (χ1) is 13.1. The largest absolute Gasteiger partial charge is 0.319 e. The molecule has 4 nitrogen and oxygen atoms in total. The molecule has 0 aliphatic carbocycles. The van der Waals surface area contributed by atoms with E-state index in [0.29, 0.717) is 12.1 Å². The van der Waals surface area contributed by atoms with Gasteiger partial charge in [-0.3, -0.25) is 9.48 Å². The molecule has 0 saturated carbocycles. The van der Waals surface area contributed by atoms with E-state index in [1.54, 1.807) is 47.3 Å². The highest BCUT2D eigenvalue weighted by Crippen LogP contribution is 2.19. The van der Waals surface area contributed by atoms with Gasteiger partial charge in [0.1, 0.15) is 11.6 Å². The quantitative estimate of drug-likeness (QED) is 0.575. The summed E-state index contributed by atoms with van der Waals surface area (Å²) in [6.45, 7) is 0.375. The minimum Gasteiger partial charge on any atom is -0.319 e. The van der Waals surface area contributed by atoms with Gasteiger partial charge in [-0.2, -0.15) is 5.10 Å². The Labute approximate surface area is 154 Å². The standard InChI is InChI=1S/C21H15F2N3O/c22-17-5-3-4-14(10-17)13-26-20-11-15(8-9-16(20)12-24-26)21(27)25-19-7-2-1-6-18(19)23/h1-12H,13H2,(H,25,27). The Balaban J connectivity index is 1.63. The molecular weight excluding hydrogens is 348 g/mol. The van der Waals surface area contributed by atoms with Crippen LogP contribution in [-0.4, -0.2) is 15.7 Å². The fourth-order valence-corrected chi connectivity index (χ4v) is 2.90. The molecule has 27 heavy (non-hydrogen) atoms. The molecule has 1 amide bonds. The zero-order valence-corrected chi connectivity index (χ0v) is 14.2.